The molecule has 0 unspecified atom stereocenters. The Labute approximate surface area is 294 Å². The maximum absolute atomic E-state index is 14.6. The number of aliphatic hydroxyl groups is 2. The Bertz CT molecular complexity index is 1660. The van der Waals surface area contributed by atoms with Crippen LogP contribution in [0, 0.1) is 57.7 Å². The number of esters is 5. The lowest BCUT2D eigenvalue weighted by Gasteiger charge is -2.65. The van der Waals surface area contributed by atoms with Crippen LogP contribution in [0.2, 0.25) is 0 Å². The number of aliphatic hydroxyl groups excluding tert-OH is 1. The molecule has 0 aromatic rings. The number of epoxide rings is 2. The number of hydrogen-bond donors (Lipinski definition) is 2. The highest BCUT2D eigenvalue weighted by Gasteiger charge is 2.93. The van der Waals surface area contributed by atoms with E-state index < -0.39 is 154 Å². The fraction of sp³-hybridized carbons (Fsp3) is 0.833. The summed E-state index contributed by atoms with van der Waals surface area (Å²) in [6, 6.07) is 0. The Morgan fingerprint density at radius 1 is 0.765 bits per heavy atom. The standard InChI is InChI=1S/C36H46O15/c1-11-19-22(34(8)35(9,44)31(43)51-36(34)28(11)50-36)26(45-12(2)37)20-18-21(27(46-13(3)38)30(33(19,20)7)48-15(5)40)32(6)16(23(41)24(18)42)10-17-25(49-17)29(32)47-14(4)39/h11,16-22,24-30,42,44H,10H2,1-9H3/t11-,16+,17-,18-,19-,20+,21+,22-,24+,25-,26+,27+,28-,29-,30-,32-,33+,34-,35+,36-/m0/s1. The van der Waals surface area contributed by atoms with Crippen LogP contribution in [0.4, 0.5) is 0 Å². The quantitative estimate of drug-likeness (QED) is 0.232. The molecule has 8 fully saturated rings. The second-order valence-electron chi connectivity index (χ2n) is 17.1. The summed E-state index contributed by atoms with van der Waals surface area (Å²) in [6.45, 7) is 13.3. The molecule has 3 aliphatic heterocycles. The fourth-order valence-electron chi connectivity index (χ4n) is 13.2. The lowest BCUT2D eigenvalue weighted by atomic mass is 9.41. The van der Waals surface area contributed by atoms with Gasteiger partial charge in [-0.1, -0.05) is 20.8 Å². The van der Waals surface area contributed by atoms with Crippen molar-refractivity contribution in [3.8, 4) is 0 Å². The van der Waals surface area contributed by atoms with Gasteiger partial charge in [0, 0.05) is 68.1 Å². The third kappa shape index (κ3) is 3.93. The van der Waals surface area contributed by atoms with Gasteiger partial charge in [-0.2, -0.15) is 0 Å². The number of fused-ring (bicyclic) bond motifs is 9. The van der Waals surface area contributed by atoms with Crippen LogP contribution >= 0.6 is 0 Å². The van der Waals surface area contributed by atoms with E-state index >= 15 is 0 Å². The van der Waals surface area contributed by atoms with Crippen molar-refractivity contribution in [1.29, 1.82) is 0 Å². The number of hydrogen-bond acceptors (Lipinski definition) is 15. The summed E-state index contributed by atoms with van der Waals surface area (Å²) in [5.41, 5.74) is -6.39. The first-order valence-electron chi connectivity index (χ1n) is 17.8. The van der Waals surface area contributed by atoms with Crippen LogP contribution in [0.15, 0.2) is 0 Å². The van der Waals surface area contributed by atoms with Gasteiger partial charge in [-0.3, -0.25) is 24.0 Å². The van der Waals surface area contributed by atoms with Crippen LogP contribution < -0.4 is 0 Å². The Morgan fingerprint density at radius 3 is 1.90 bits per heavy atom. The second-order valence-corrected chi connectivity index (χ2v) is 17.1. The smallest absolute Gasteiger partial charge is 0.341 e. The Morgan fingerprint density at radius 2 is 1.31 bits per heavy atom. The average molecular weight is 719 g/mol. The summed E-state index contributed by atoms with van der Waals surface area (Å²) in [5, 5.41) is 24.4. The van der Waals surface area contributed by atoms with Crippen molar-refractivity contribution in [1.82, 2.24) is 0 Å². The van der Waals surface area contributed by atoms with E-state index in [4.69, 9.17) is 33.2 Å². The molecule has 2 N–H and O–H groups in total. The highest BCUT2D eigenvalue weighted by molar-refractivity contribution is 5.88. The second kappa shape index (κ2) is 10.3. The summed E-state index contributed by atoms with van der Waals surface area (Å²) in [4.78, 5) is 80.1. The molecule has 5 aliphatic carbocycles. The van der Waals surface area contributed by atoms with Crippen molar-refractivity contribution < 1.29 is 72.1 Å². The Balaban J connectivity index is 1.42. The molecule has 3 saturated heterocycles. The normalized spacial score (nSPS) is 56.6. The molecule has 15 heteroatoms. The monoisotopic (exact) mass is 718 g/mol. The fourth-order valence-corrected chi connectivity index (χ4v) is 13.2. The molecule has 0 aromatic carbocycles. The lowest BCUT2D eigenvalue weighted by molar-refractivity contribution is -0.273. The van der Waals surface area contributed by atoms with Crippen LogP contribution in [-0.2, 0) is 61.9 Å². The predicted octanol–water partition coefficient (Wildman–Crippen LogP) is 0.624. The molecule has 20 atom stereocenters. The van der Waals surface area contributed by atoms with Gasteiger partial charge in [0.05, 0.1) is 11.5 Å². The van der Waals surface area contributed by atoms with Crippen molar-refractivity contribution >= 4 is 35.6 Å². The average Bonchev–Trinajstić information content (AvgIpc) is 3.92. The molecule has 51 heavy (non-hydrogen) atoms. The van der Waals surface area contributed by atoms with Gasteiger partial charge in [-0.25, -0.2) is 4.79 Å². The summed E-state index contributed by atoms with van der Waals surface area (Å²) in [7, 11) is 0. The number of carbonyl (C=O) groups is 6. The molecular formula is C36H46O15. The molecule has 0 amide bonds. The molecule has 0 bridgehead atoms. The maximum Gasteiger partial charge on any atom is 0.341 e. The van der Waals surface area contributed by atoms with Gasteiger partial charge in [0.15, 0.2) is 11.4 Å². The van der Waals surface area contributed by atoms with E-state index in [9.17, 15) is 39.0 Å². The van der Waals surface area contributed by atoms with E-state index in [0.29, 0.717) is 0 Å². The Hall–Kier alpha value is -3.14. The first kappa shape index (κ1) is 34.9. The summed E-state index contributed by atoms with van der Waals surface area (Å²) in [5.74, 6) is -11.9. The summed E-state index contributed by atoms with van der Waals surface area (Å²) >= 11 is 0. The molecule has 0 aromatic heterocycles. The lowest BCUT2D eigenvalue weighted by Crippen LogP contribution is -2.74. The molecule has 8 aliphatic rings. The van der Waals surface area contributed by atoms with E-state index in [0.717, 1.165) is 0 Å². The zero-order valence-electron chi connectivity index (χ0n) is 30.1. The Kier molecular flexibility index (Phi) is 7.05. The van der Waals surface area contributed by atoms with Crippen LogP contribution in [0.5, 0.6) is 0 Å². The minimum absolute atomic E-state index is 0.211. The van der Waals surface area contributed by atoms with Crippen molar-refractivity contribution in [2.75, 3.05) is 0 Å². The summed E-state index contributed by atoms with van der Waals surface area (Å²) in [6.07, 6.45) is -7.96. The molecule has 1 spiro atoms. The largest absolute Gasteiger partial charge is 0.462 e. The van der Waals surface area contributed by atoms with Gasteiger partial charge in [-0.05, 0) is 32.1 Å². The molecule has 3 heterocycles. The maximum atomic E-state index is 14.6. The third-order valence-corrected chi connectivity index (χ3v) is 15.0. The molecule has 15 nitrogen and oxygen atoms in total. The minimum atomic E-state index is -2.15. The highest BCUT2D eigenvalue weighted by atomic mass is 16.8. The van der Waals surface area contributed by atoms with E-state index in [1.807, 2.05) is 6.92 Å². The number of carbonyl (C=O) groups excluding carboxylic acids is 6. The van der Waals surface area contributed by atoms with E-state index in [-0.39, 0.29) is 6.42 Å². The first-order chi connectivity index (χ1) is 23.6. The number of ketones is 1. The molecule has 0 radical (unpaired) electrons. The molecule has 8 rings (SSSR count). The van der Waals surface area contributed by atoms with Crippen molar-refractivity contribution in [3.05, 3.63) is 0 Å². The van der Waals surface area contributed by atoms with Gasteiger partial charge in [-0.15, -0.1) is 0 Å². The molecule has 280 valence electrons. The van der Waals surface area contributed by atoms with Crippen LogP contribution in [0.3, 0.4) is 0 Å². The van der Waals surface area contributed by atoms with Gasteiger partial charge < -0.3 is 43.4 Å². The zero-order valence-corrected chi connectivity index (χ0v) is 30.1. The topological polar surface area (TPSA) is 214 Å². The van der Waals surface area contributed by atoms with Crippen molar-refractivity contribution in [3.63, 3.8) is 0 Å². The van der Waals surface area contributed by atoms with Crippen molar-refractivity contribution in [2.24, 2.45) is 57.7 Å². The third-order valence-electron chi connectivity index (χ3n) is 15.0. The van der Waals surface area contributed by atoms with Crippen LogP contribution in [0.25, 0.3) is 0 Å². The van der Waals surface area contributed by atoms with Gasteiger partial charge >= 0.3 is 29.8 Å². The number of ether oxygens (including phenoxy) is 7. The first-order valence-corrected chi connectivity index (χ1v) is 17.8. The SMILES string of the molecule is CC(=O)O[C@@H]1[C@H]2[C@H]3[C@H]([C@@H](OC(C)=O)[C@H](OC(C)=O)[C@]2(C)[C@H]2[C@H](C)[C@@H]4O[C@]45OC(=O)[C@@](C)(O)[C@]5(C)[C@H]12)[C@]1(C)[C@H](C[C@@H]2O[C@@H]2[C@@H]1OC(C)=O)C(=O)[C@@H]3O. The highest BCUT2D eigenvalue weighted by Crippen LogP contribution is 2.81. The summed E-state index contributed by atoms with van der Waals surface area (Å²) < 4.78 is 42.7. The number of Topliss-reactive ketones (excluding diaryl/α,β-unsaturated/α-hetero) is 1. The van der Waals surface area contributed by atoms with Crippen LogP contribution in [-0.4, -0.2) is 106 Å². The minimum Gasteiger partial charge on any atom is -0.462 e. The van der Waals surface area contributed by atoms with E-state index in [1.54, 1.807) is 20.8 Å². The zero-order chi connectivity index (χ0) is 37.3. The molecule has 5 saturated carbocycles. The van der Waals surface area contributed by atoms with E-state index in [2.05, 4.69) is 0 Å². The van der Waals surface area contributed by atoms with E-state index in [1.165, 1.54) is 34.6 Å². The predicted molar refractivity (Wildman–Crippen MR) is 165 cm³/mol. The van der Waals surface area contributed by atoms with Gasteiger partial charge in [0.25, 0.3) is 0 Å². The van der Waals surface area contributed by atoms with Crippen LogP contribution in [0.1, 0.15) is 68.7 Å². The van der Waals surface area contributed by atoms with Gasteiger partial charge in [0.1, 0.15) is 42.7 Å². The van der Waals surface area contributed by atoms with Gasteiger partial charge in [0.2, 0.25) is 5.79 Å². The van der Waals surface area contributed by atoms with Crippen molar-refractivity contribution in [2.45, 2.75) is 129 Å². The molecular weight excluding hydrogens is 672 g/mol. The number of rotatable bonds is 4.